The highest BCUT2D eigenvalue weighted by Gasteiger charge is 2.43. The SMILES string of the molecule is Cl.N[C@@H](c1ccccc1Sc1ccc(Cl)cc1)[C@H](O)C(F)(F)F. The maximum Gasteiger partial charge on any atom is 0.416 e. The van der Waals surface area contributed by atoms with Gasteiger partial charge < -0.3 is 10.8 Å². The molecule has 0 amide bonds. The predicted octanol–water partition coefficient (Wildman–Crippen LogP) is 4.84. The second kappa shape index (κ2) is 8.26. The zero-order valence-corrected chi connectivity index (χ0v) is 14.0. The Morgan fingerprint density at radius 1 is 1.04 bits per heavy atom. The van der Waals surface area contributed by atoms with Crippen LogP contribution >= 0.6 is 35.8 Å². The van der Waals surface area contributed by atoms with Gasteiger partial charge in [-0.25, -0.2) is 0 Å². The van der Waals surface area contributed by atoms with Crippen molar-refractivity contribution in [2.75, 3.05) is 0 Å². The minimum atomic E-state index is -4.77. The van der Waals surface area contributed by atoms with Crippen molar-refractivity contribution in [3.05, 3.63) is 59.1 Å². The molecule has 0 spiro atoms. The van der Waals surface area contributed by atoms with Crippen LogP contribution in [0.3, 0.4) is 0 Å². The predicted molar refractivity (Wildman–Crippen MR) is 88.3 cm³/mol. The molecule has 23 heavy (non-hydrogen) atoms. The summed E-state index contributed by atoms with van der Waals surface area (Å²) in [5.74, 6) is 0. The van der Waals surface area contributed by atoms with Gasteiger partial charge in [0.15, 0.2) is 6.10 Å². The lowest BCUT2D eigenvalue weighted by Crippen LogP contribution is -2.39. The number of aliphatic hydroxyl groups is 1. The summed E-state index contributed by atoms with van der Waals surface area (Å²) in [5.41, 5.74) is 5.84. The third kappa shape index (κ3) is 5.29. The summed E-state index contributed by atoms with van der Waals surface area (Å²) in [6.45, 7) is 0. The van der Waals surface area contributed by atoms with Gasteiger partial charge in [-0.2, -0.15) is 13.2 Å². The van der Waals surface area contributed by atoms with E-state index in [1.807, 2.05) is 0 Å². The van der Waals surface area contributed by atoms with Crippen LogP contribution in [0.2, 0.25) is 5.02 Å². The fourth-order valence-electron chi connectivity index (χ4n) is 1.85. The number of hydrogen-bond donors (Lipinski definition) is 2. The van der Waals surface area contributed by atoms with Crippen molar-refractivity contribution in [2.24, 2.45) is 5.73 Å². The molecule has 2 aromatic rings. The van der Waals surface area contributed by atoms with Crippen LogP contribution in [0, 0.1) is 0 Å². The lowest BCUT2D eigenvalue weighted by atomic mass is 10.0. The molecule has 0 aromatic heterocycles. The summed E-state index contributed by atoms with van der Waals surface area (Å²) in [5, 5.41) is 9.93. The summed E-state index contributed by atoms with van der Waals surface area (Å²) in [6, 6.07) is 11.8. The van der Waals surface area contributed by atoms with E-state index in [1.165, 1.54) is 17.8 Å². The van der Waals surface area contributed by atoms with E-state index >= 15 is 0 Å². The minimum Gasteiger partial charge on any atom is -0.382 e. The first-order valence-electron chi connectivity index (χ1n) is 6.32. The van der Waals surface area contributed by atoms with Crippen LogP contribution in [0.15, 0.2) is 58.3 Å². The zero-order chi connectivity index (χ0) is 16.3. The Bertz CT molecular complexity index is 637. The molecule has 0 saturated heterocycles. The standard InChI is InChI=1S/C15H13ClF3NOS.ClH/c16-9-5-7-10(8-6-9)22-12-4-2-1-3-11(12)13(20)14(21)15(17,18)19;/h1-8,13-14,21H,20H2;1H/t13-,14-;/m0./s1. The molecule has 2 atom stereocenters. The first kappa shape index (κ1) is 20.1. The molecule has 0 heterocycles. The van der Waals surface area contributed by atoms with E-state index in [9.17, 15) is 18.3 Å². The molecule has 2 aromatic carbocycles. The highest BCUT2D eigenvalue weighted by Crippen LogP contribution is 2.36. The molecule has 3 N–H and O–H groups in total. The third-order valence-electron chi connectivity index (χ3n) is 3.00. The number of alkyl halides is 3. The van der Waals surface area contributed by atoms with Crippen molar-refractivity contribution in [3.8, 4) is 0 Å². The molecule has 2 rings (SSSR count). The molecule has 8 heteroatoms. The molecule has 0 aliphatic rings. The maximum absolute atomic E-state index is 12.6. The van der Waals surface area contributed by atoms with Crippen LogP contribution in [0.4, 0.5) is 13.2 Å². The number of rotatable bonds is 4. The largest absolute Gasteiger partial charge is 0.416 e. The Kier molecular flexibility index (Phi) is 7.23. The first-order valence-corrected chi connectivity index (χ1v) is 7.51. The number of benzene rings is 2. The van der Waals surface area contributed by atoms with Crippen LogP contribution in [-0.4, -0.2) is 17.4 Å². The van der Waals surface area contributed by atoms with Crippen molar-refractivity contribution >= 4 is 35.8 Å². The summed E-state index contributed by atoms with van der Waals surface area (Å²) in [4.78, 5) is 1.37. The van der Waals surface area contributed by atoms with Crippen LogP contribution in [-0.2, 0) is 0 Å². The average molecular weight is 384 g/mol. The highest BCUT2D eigenvalue weighted by atomic mass is 35.5. The highest BCUT2D eigenvalue weighted by molar-refractivity contribution is 7.99. The van der Waals surface area contributed by atoms with Gasteiger partial charge >= 0.3 is 6.18 Å². The molecular formula is C15H14Cl2F3NOS. The van der Waals surface area contributed by atoms with Gasteiger partial charge in [-0.05, 0) is 35.9 Å². The Morgan fingerprint density at radius 3 is 2.17 bits per heavy atom. The molecule has 0 aliphatic carbocycles. The van der Waals surface area contributed by atoms with E-state index < -0.39 is 18.3 Å². The second-order valence-electron chi connectivity index (χ2n) is 4.61. The van der Waals surface area contributed by atoms with Gasteiger partial charge in [0.1, 0.15) is 0 Å². The van der Waals surface area contributed by atoms with Crippen molar-refractivity contribution in [3.63, 3.8) is 0 Å². The van der Waals surface area contributed by atoms with Crippen molar-refractivity contribution < 1.29 is 18.3 Å². The van der Waals surface area contributed by atoms with Crippen LogP contribution in [0.25, 0.3) is 0 Å². The summed E-state index contributed by atoms with van der Waals surface area (Å²) in [7, 11) is 0. The second-order valence-corrected chi connectivity index (χ2v) is 6.16. The topological polar surface area (TPSA) is 46.2 Å². The van der Waals surface area contributed by atoms with Crippen LogP contribution in [0.5, 0.6) is 0 Å². The number of aliphatic hydroxyl groups excluding tert-OH is 1. The Hall–Kier alpha value is -0.920. The van der Waals surface area contributed by atoms with Crippen molar-refractivity contribution in [1.82, 2.24) is 0 Å². The van der Waals surface area contributed by atoms with E-state index in [2.05, 4.69) is 0 Å². The molecule has 0 radical (unpaired) electrons. The molecular weight excluding hydrogens is 370 g/mol. The normalized spacial score (nSPS) is 14.0. The van der Waals surface area contributed by atoms with Crippen molar-refractivity contribution in [1.29, 1.82) is 0 Å². The average Bonchev–Trinajstić information content (AvgIpc) is 2.48. The fourth-order valence-corrected chi connectivity index (χ4v) is 2.97. The third-order valence-corrected chi connectivity index (χ3v) is 4.35. The summed E-state index contributed by atoms with van der Waals surface area (Å²) < 4.78 is 37.9. The minimum absolute atomic E-state index is 0. The van der Waals surface area contributed by atoms with Crippen LogP contribution in [0.1, 0.15) is 11.6 Å². The Morgan fingerprint density at radius 2 is 1.61 bits per heavy atom. The van der Waals surface area contributed by atoms with Crippen molar-refractivity contribution in [2.45, 2.75) is 28.1 Å². The van der Waals surface area contributed by atoms with E-state index in [1.54, 1.807) is 42.5 Å². The van der Waals surface area contributed by atoms with E-state index in [-0.39, 0.29) is 18.0 Å². The quantitative estimate of drug-likeness (QED) is 0.793. The monoisotopic (exact) mass is 383 g/mol. The Balaban J connectivity index is 0.00000264. The molecule has 0 fully saturated rings. The molecule has 0 saturated carbocycles. The lowest BCUT2D eigenvalue weighted by Gasteiger charge is -2.23. The van der Waals surface area contributed by atoms with Gasteiger partial charge in [0.05, 0.1) is 6.04 Å². The number of halogens is 5. The van der Waals surface area contributed by atoms with Gasteiger partial charge in [0, 0.05) is 14.8 Å². The molecule has 2 nitrogen and oxygen atoms in total. The van der Waals surface area contributed by atoms with Gasteiger partial charge in [-0.1, -0.05) is 41.6 Å². The molecule has 0 aliphatic heterocycles. The van der Waals surface area contributed by atoms with E-state index in [0.29, 0.717) is 9.92 Å². The molecule has 126 valence electrons. The lowest BCUT2D eigenvalue weighted by molar-refractivity contribution is -0.210. The smallest absolute Gasteiger partial charge is 0.382 e. The molecule has 0 bridgehead atoms. The van der Waals surface area contributed by atoms with Gasteiger partial charge in [0.25, 0.3) is 0 Å². The van der Waals surface area contributed by atoms with Gasteiger partial charge in [-0.3, -0.25) is 0 Å². The van der Waals surface area contributed by atoms with Gasteiger partial charge in [0.2, 0.25) is 0 Å². The Labute approximate surface area is 147 Å². The van der Waals surface area contributed by atoms with E-state index in [4.69, 9.17) is 17.3 Å². The number of hydrogen-bond acceptors (Lipinski definition) is 3. The zero-order valence-electron chi connectivity index (χ0n) is 11.6. The van der Waals surface area contributed by atoms with E-state index in [0.717, 1.165) is 4.90 Å². The van der Waals surface area contributed by atoms with Crippen LogP contribution < -0.4 is 5.73 Å². The summed E-state index contributed by atoms with van der Waals surface area (Å²) in [6.07, 6.45) is -7.38. The number of nitrogens with two attached hydrogens (primary N) is 1. The molecule has 0 unspecified atom stereocenters. The van der Waals surface area contributed by atoms with Gasteiger partial charge in [-0.15, -0.1) is 12.4 Å². The maximum atomic E-state index is 12.6. The summed E-state index contributed by atoms with van der Waals surface area (Å²) >= 11 is 7.06. The fraction of sp³-hybridized carbons (Fsp3) is 0.200. The first-order chi connectivity index (χ1) is 10.3.